The van der Waals surface area contributed by atoms with Crippen LogP contribution in [0.3, 0.4) is 0 Å². The average molecular weight is 500 g/mol. The largest absolute Gasteiger partial charge is 0.494 e. The predicted molar refractivity (Wildman–Crippen MR) is 127 cm³/mol. The van der Waals surface area contributed by atoms with Crippen molar-refractivity contribution in [2.45, 2.75) is 17.0 Å². The van der Waals surface area contributed by atoms with Crippen molar-refractivity contribution in [2.75, 3.05) is 17.7 Å². The monoisotopic (exact) mass is 499 g/mol. The third-order valence-electron chi connectivity index (χ3n) is 4.58. The first-order valence-corrected chi connectivity index (χ1v) is 12.7. The lowest BCUT2D eigenvalue weighted by Gasteiger charge is -2.11. The number of primary sulfonamides is 1. The molecule has 1 amide bonds. The topological polar surface area (TPSA) is 142 Å². The fraction of sp³-hybridized carbons (Fsp3) is 0.136. The Bertz CT molecular complexity index is 1370. The van der Waals surface area contributed by atoms with E-state index in [4.69, 9.17) is 14.3 Å². The highest BCUT2D eigenvalue weighted by Gasteiger charge is 2.19. The maximum atomic E-state index is 12.5. The quantitative estimate of drug-likeness (QED) is 0.334. The molecule has 4 rings (SSSR count). The molecule has 0 saturated heterocycles. The lowest BCUT2D eigenvalue weighted by atomic mass is 10.3. The first kappa shape index (κ1) is 23.5. The molecular formula is C22H21N5O5S2. The van der Waals surface area contributed by atoms with Crippen LogP contribution >= 0.6 is 11.8 Å². The standard InChI is InChI=1S/C22H21N5O5S2/c1-2-31-17-9-7-16(8-10-17)27-21(19-4-3-13-32-19)25-26-22(27)33-14-20(28)24-15-5-11-18(12-6-15)34(23,29)30/h3-13H,2,14H2,1H3,(H,24,28)(H2,23,29,30). The summed E-state index contributed by atoms with van der Waals surface area (Å²) in [6, 6.07) is 16.6. The summed E-state index contributed by atoms with van der Waals surface area (Å²) in [4.78, 5) is 12.5. The number of benzene rings is 2. The van der Waals surface area contributed by atoms with E-state index in [0.717, 1.165) is 11.4 Å². The van der Waals surface area contributed by atoms with Crippen LogP contribution in [0, 0.1) is 0 Å². The normalized spacial score (nSPS) is 11.4. The van der Waals surface area contributed by atoms with Gasteiger partial charge in [0.05, 0.1) is 29.2 Å². The fourth-order valence-corrected chi connectivity index (χ4v) is 4.34. The van der Waals surface area contributed by atoms with Gasteiger partial charge in [0.2, 0.25) is 21.8 Å². The molecule has 10 nitrogen and oxygen atoms in total. The lowest BCUT2D eigenvalue weighted by molar-refractivity contribution is -0.113. The van der Waals surface area contributed by atoms with E-state index in [1.54, 1.807) is 23.0 Å². The number of sulfonamides is 1. The Kier molecular flexibility index (Phi) is 7.01. The number of hydrogen-bond acceptors (Lipinski definition) is 8. The van der Waals surface area contributed by atoms with E-state index >= 15 is 0 Å². The van der Waals surface area contributed by atoms with Gasteiger partial charge < -0.3 is 14.5 Å². The number of hydrogen-bond donors (Lipinski definition) is 2. The second-order valence-corrected chi connectivity index (χ2v) is 9.46. The van der Waals surface area contributed by atoms with Gasteiger partial charge in [-0.2, -0.15) is 0 Å². The average Bonchev–Trinajstić information content (AvgIpc) is 3.48. The van der Waals surface area contributed by atoms with Crippen LogP contribution in [-0.4, -0.2) is 41.4 Å². The molecule has 0 saturated carbocycles. The summed E-state index contributed by atoms with van der Waals surface area (Å²) in [5, 5.41) is 16.8. The van der Waals surface area contributed by atoms with Crippen molar-refractivity contribution in [2.24, 2.45) is 5.14 Å². The molecule has 0 aliphatic rings. The number of nitrogens with zero attached hydrogens (tertiary/aromatic N) is 3. The molecule has 0 spiro atoms. The highest BCUT2D eigenvalue weighted by atomic mass is 32.2. The molecule has 0 radical (unpaired) electrons. The molecule has 2 aromatic carbocycles. The zero-order valence-electron chi connectivity index (χ0n) is 18.0. The predicted octanol–water partition coefficient (Wildman–Crippen LogP) is 3.30. The second kappa shape index (κ2) is 10.1. The number of aromatic nitrogens is 3. The molecule has 0 unspecified atom stereocenters. The van der Waals surface area contributed by atoms with Gasteiger partial charge in [0.25, 0.3) is 0 Å². The number of amides is 1. The van der Waals surface area contributed by atoms with Crippen LogP contribution in [-0.2, 0) is 14.8 Å². The lowest BCUT2D eigenvalue weighted by Crippen LogP contribution is -2.15. The minimum absolute atomic E-state index is 0.0335. The summed E-state index contributed by atoms with van der Waals surface area (Å²) in [7, 11) is -3.80. The van der Waals surface area contributed by atoms with Gasteiger partial charge in [-0.3, -0.25) is 9.36 Å². The van der Waals surface area contributed by atoms with Gasteiger partial charge in [0.1, 0.15) is 5.75 Å². The van der Waals surface area contributed by atoms with Gasteiger partial charge >= 0.3 is 0 Å². The third-order valence-corrected chi connectivity index (χ3v) is 6.44. The van der Waals surface area contributed by atoms with Gasteiger partial charge in [-0.1, -0.05) is 11.8 Å². The number of nitrogens with one attached hydrogen (secondary N) is 1. The summed E-state index contributed by atoms with van der Waals surface area (Å²) in [5.74, 6) is 1.52. The zero-order chi connectivity index (χ0) is 24.1. The number of ether oxygens (including phenoxy) is 1. The first-order chi connectivity index (χ1) is 16.3. The van der Waals surface area contributed by atoms with E-state index in [1.807, 2.05) is 31.2 Å². The smallest absolute Gasteiger partial charge is 0.238 e. The van der Waals surface area contributed by atoms with Crippen LogP contribution in [0.15, 0.2) is 81.4 Å². The van der Waals surface area contributed by atoms with Crippen molar-refractivity contribution < 1.29 is 22.4 Å². The molecule has 0 aliphatic heterocycles. The molecule has 0 bridgehead atoms. The molecule has 176 valence electrons. The molecule has 0 atom stereocenters. The van der Waals surface area contributed by atoms with Gasteiger partial charge in [-0.15, -0.1) is 10.2 Å². The van der Waals surface area contributed by atoms with E-state index in [0.29, 0.717) is 29.0 Å². The van der Waals surface area contributed by atoms with E-state index < -0.39 is 10.0 Å². The van der Waals surface area contributed by atoms with E-state index in [2.05, 4.69) is 15.5 Å². The molecule has 12 heteroatoms. The molecule has 2 heterocycles. The van der Waals surface area contributed by atoms with Gasteiger partial charge in [-0.05, 0) is 67.6 Å². The van der Waals surface area contributed by atoms with Crippen LogP contribution in [0.5, 0.6) is 5.75 Å². The number of nitrogens with two attached hydrogens (primary N) is 1. The minimum atomic E-state index is -3.80. The maximum absolute atomic E-state index is 12.5. The maximum Gasteiger partial charge on any atom is 0.238 e. The minimum Gasteiger partial charge on any atom is -0.494 e. The highest BCUT2D eigenvalue weighted by Crippen LogP contribution is 2.29. The number of thioether (sulfide) groups is 1. The van der Waals surface area contributed by atoms with Crippen molar-refractivity contribution >= 4 is 33.4 Å². The highest BCUT2D eigenvalue weighted by molar-refractivity contribution is 7.99. The summed E-state index contributed by atoms with van der Waals surface area (Å²) in [6.07, 6.45) is 1.55. The molecular weight excluding hydrogens is 478 g/mol. The van der Waals surface area contributed by atoms with Crippen molar-refractivity contribution in [1.29, 1.82) is 0 Å². The van der Waals surface area contributed by atoms with Crippen molar-refractivity contribution in [3.05, 3.63) is 66.9 Å². The van der Waals surface area contributed by atoms with E-state index in [1.165, 1.54) is 36.0 Å². The first-order valence-electron chi connectivity index (χ1n) is 10.1. The molecule has 0 fully saturated rings. The Morgan fingerprint density at radius 2 is 1.85 bits per heavy atom. The van der Waals surface area contributed by atoms with Crippen LogP contribution in [0.4, 0.5) is 5.69 Å². The molecule has 3 N–H and O–H groups in total. The number of furan rings is 1. The summed E-state index contributed by atoms with van der Waals surface area (Å²) < 4.78 is 35.6. The molecule has 34 heavy (non-hydrogen) atoms. The third kappa shape index (κ3) is 5.47. The molecule has 4 aromatic rings. The molecule has 0 aliphatic carbocycles. The van der Waals surface area contributed by atoms with Crippen LogP contribution < -0.4 is 15.2 Å². The number of carbonyl (C=O) groups is 1. The number of rotatable bonds is 9. The second-order valence-electron chi connectivity index (χ2n) is 6.95. The van der Waals surface area contributed by atoms with Gasteiger partial charge in [0.15, 0.2) is 10.9 Å². The van der Waals surface area contributed by atoms with Gasteiger partial charge in [-0.25, -0.2) is 13.6 Å². The van der Waals surface area contributed by atoms with Crippen molar-refractivity contribution in [1.82, 2.24) is 14.8 Å². The van der Waals surface area contributed by atoms with Crippen molar-refractivity contribution in [3.63, 3.8) is 0 Å². The van der Waals surface area contributed by atoms with Crippen molar-refractivity contribution in [3.8, 4) is 23.0 Å². The Labute approximate surface area is 200 Å². The number of anilines is 1. The van der Waals surface area contributed by atoms with Crippen LogP contribution in [0.25, 0.3) is 17.3 Å². The zero-order valence-corrected chi connectivity index (χ0v) is 19.7. The SMILES string of the molecule is CCOc1ccc(-n2c(SCC(=O)Nc3ccc(S(N)(=O)=O)cc3)nnc2-c2ccco2)cc1. The summed E-state index contributed by atoms with van der Waals surface area (Å²) in [6.45, 7) is 2.47. The summed E-state index contributed by atoms with van der Waals surface area (Å²) in [5.41, 5.74) is 1.23. The Balaban J connectivity index is 1.52. The Morgan fingerprint density at radius 3 is 2.47 bits per heavy atom. The van der Waals surface area contributed by atoms with Crippen LogP contribution in [0.1, 0.15) is 6.92 Å². The molecule has 2 aromatic heterocycles. The van der Waals surface area contributed by atoms with E-state index in [9.17, 15) is 13.2 Å². The summed E-state index contributed by atoms with van der Waals surface area (Å²) >= 11 is 1.20. The van der Waals surface area contributed by atoms with E-state index in [-0.39, 0.29) is 16.6 Å². The van der Waals surface area contributed by atoms with Crippen LogP contribution in [0.2, 0.25) is 0 Å². The van der Waals surface area contributed by atoms with Gasteiger partial charge in [0, 0.05) is 5.69 Å². The Morgan fingerprint density at radius 1 is 1.12 bits per heavy atom. The number of carbonyl (C=O) groups excluding carboxylic acids is 1. The Hall–Kier alpha value is -3.61. The fourth-order valence-electron chi connectivity index (χ4n) is 3.07.